The lowest BCUT2D eigenvalue weighted by Crippen LogP contribution is -2.36. The van der Waals surface area contributed by atoms with Gasteiger partial charge in [0.1, 0.15) is 5.75 Å². The Balaban J connectivity index is 2.10. The van der Waals surface area contributed by atoms with Crippen LogP contribution in [0.5, 0.6) is 5.75 Å². The van der Waals surface area contributed by atoms with Crippen LogP contribution in [0.3, 0.4) is 0 Å². The summed E-state index contributed by atoms with van der Waals surface area (Å²) in [6.07, 6.45) is 2.34. The van der Waals surface area contributed by atoms with Crippen LogP contribution < -0.4 is 15.4 Å². The summed E-state index contributed by atoms with van der Waals surface area (Å²) in [7, 11) is 0. The second kappa shape index (κ2) is 8.42. The largest absolute Gasteiger partial charge is 0.492 e. The van der Waals surface area contributed by atoms with Crippen LogP contribution in [0.1, 0.15) is 6.42 Å². The highest BCUT2D eigenvalue weighted by Gasteiger charge is 2.00. The number of amides is 2. The predicted octanol–water partition coefficient (Wildman–Crippen LogP) is 2.59. The van der Waals surface area contributed by atoms with E-state index >= 15 is 0 Å². The van der Waals surface area contributed by atoms with Crippen molar-refractivity contribution >= 4 is 17.6 Å². The van der Waals surface area contributed by atoms with Gasteiger partial charge in [0.25, 0.3) is 0 Å². The molecule has 0 heterocycles. The maximum Gasteiger partial charge on any atom is 0.315 e. The first-order chi connectivity index (χ1) is 8.74. The number of hydrogen-bond acceptors (Lipinski definition) is 2. The number of benzene rings is 1. The fourth-order valence-electron chi connectivity index (χ4n) is 1.25. The van der Waals surface area contributed by atoms with E-state index in [-0.39, 0.29) is 6.03 Å². The van der Waals surface area contributed by atoms with E-state index < -0.39 is 0 Å². The number of halogens is 1. The number of rotatable bonds is 7. The molecular formula is C13H17ClN2O2. The number of ether oxygens (including phenoxy) is 1. The third-order valence-corrected chi connectivity index (χ3v) is 2.42. The number of nitrogens with one attached hydrogen (secondary N) is 2. The molecule has 0 aromatic heterocycles. The standard InChI is InChI=1S/C13H17ClN2O2/c1-2-8-15-13(17)16-9-5-10-18-12-7-4-3-6-11(12)14/h2-4,6-7H,1,5,8-10H2,(H2,15,16,17). The van der Waals surface area contributed by atoms with E-state index in [1.807, 2.05) is 18.2 Å². The minimum Gasteiger partial charge on any atom is -0.492 e. The summed E-state index contributed by atoms with van der Waals surface area (Å²) < 4.78 is 5.48. The highest BCUT2D eigenvalue weighted by molar-refractivity contribution is 6.32. The molecule has 98 valence electrons. The summed E-state index contributed by atoms with van der Waals surface area (Å²) in [5, 5.41) is 5.92. The second-order valence-electron chi connectivity index (χ2n) is 3.56. The van der Waals surface area contributed by atoms with E-state index in [0.29, 0.717) is 36.9 Å². The zero-order valence-corrected chi connectivity index (χ0v) is 10.9. The van der Waals surface area contributed by atoms with E-state index in [1.54, 1.807) is 12.1 Å². The first-order valence-corrected chi connectivity index (χ1v) is 6.11. The fourth-order valence-corrected chi connectivity index (χ4v) is 1.44. The third-order valence-electron chi connectivity index (χ3n) is 2.11. The Kier molecular flexibility index (Phi) is 6.72. The van der Waals surface area contributed by atoms with Gasteiger partial charge < -0.3 is 15.4 Å². The smallest absolute Gasteiger partial charge is 0.315 e. The number of urea groups is 1. The Bertz CT molecular complexity index is 396. The van der Waals surface area contributed by atoms with Crippen LogP contribution in [0.25, 0.3) is 0 Å². The summed E-state index contributed by atoms with van der Waals surface area (Å²) in [6, 6.07) is 7.10. The molecule has 0 saturated carbocycles. The molecule has 0 aliphatic carbocycles. The van der Waals surface area contributed by atoms with Gasteiger partial charge in [-0.3, -0.25) is 0 Å². The zero-order valence-electron chi connectivity index (χ0n) is 10.1. The van der Waals surface area contributed by atoms with Crippen molar-refractivity contribution in [2.75, 3.05) is 19.7 Å². The van der Waals surface area contributed by atoms with Gasteiger partial charge in [-0.25, -0.2) is 4.79 Å². The van der Waals surface area contributed by atoms with Crippen molar-refractivity contribution in [1.29, 1.82) is 0 Å². The van der Waals surface area contributed by atoms with Gasteiger partial charge in [0.05, 0.1) is 11.6 Å². The molecule has 4 nitrogen and oxygen atoms in total. The van der Waals surface area contributed by atoms with Gasteiger partial charge in [0.15, 0.2) is 0 Å². The summed E-state index contributed by atoms with van der Waals surface area (Å²) in [6.45, 7) is 5.02. The Morgan fingerprint density at radius 2 is 2.17 bits per heavy atom. The quantitative estimate of drug-likeness (QED) is 0.590. The highest BCUT2D eigenvalue weighted by atomic mass is 35.5. The molecule has 1 aromatic rings. The molecule has 0 saturated heterocycles. The van der Waals surface area contributed by atoms with E-state index in [1.165, 1.54) is 0 Å². The molecule has 2 amide bonds. The van der Waals surface area contributed by atoms with Gasteiger partial charge in [0.2, 0.25) is 0 Å². The molecule has 0 spiro atoms. The molecule has 0 radical (unpaired) electrons. The first kappa shape index (κ1) is 14.4. The number of carbonyl (C=O) groups excluding carboxylic acids is 1. The van der Waals surface area contributed by atoms with Crippen LogP contribution in [0, 0.1) is 0 Å². The number of para-hydroxylation sites is 1. The van der Waals surface area contributed by atoms with Gasteiger partial charge in [-0.15, -0.1) is 6.58 Å². The Hall–Kier alpha value is -1.68. The van der Waals surface area contributed by atoms with Gasteiger partial charge in [-0.2, -0.15) is 0 Å². The molecule has 18 heavy (non-hydrogen) atoms. The molecule has 0 aliphatic rings. The molecular weight excluding hydrogens is 252 g/mol. The van der Waals surface area contributed by atoms with Crippen molar-refractivity contribution in [3.8, 4) is 5.75 Å². The first-order valence-electron chi connectivity index (χ1n) is 5.74. The van der Waals surface area contributed by atoms with Crippen LogP contribution in [0.2, 0.25) is 5.02 Å². The lowest BCUT2D eigenvalue weighted by molar-refractivity contribution is 0.240. The summed E-state index contributed by atoms with van der Waals surface area (Å²) >= 11 is 5.93. The second-order valence-corrected chi connectivity index (χ2v) is 3.97. The molecule has 0 unspecified atom stereocenters. The molecule has 1 rings (SSSR count). The fraction of sp³-hybridized carbons (Fsp3) is 0.308. The topological polar surface area (TPSA) is 50.4 Å². The molecule has 0 bridgehead atoms. The lowest BCUT2D eigenvalue weighted by Gasteiger charge is -2.08. The minimum atomic E-state index is -0.201. The maximum atomic E-state index is 11.2. The third kappa shape index (κ3) is 5.59. The van der Waals surface area contributed by atoms with Gasteiger partial charge in [-0.1, -0.05) is 29.8 Å². The van der Waals surface area contributed by atoms with Gasteiger partial charge in [-0.05, 0) is 18.6 Å². The van der Waals surface area contributed by atoms with E-state index in [9.17, 15) is 4.79 Å². The average Bonchev–Trinajstić information content (AvgIpc) is 2.38. The Labute approximate surface area is 112 Å². The summed E-state index contributed by atoms with van der Waals surface area (Å²) in [5.41, 5.74) is 0. The van der Waals surface area contributed by atoms with Crippen molar-refractivity contribution in [2.45, 2.75) is 6.42 Å². The van der Waals surface area contributed by atoms with Gasteiger partial charge in [0, 0.05) is 13.1 Å². The van der Waals surface area contributed by atoms with Crippen molar-refractivity contribution in [3.05, 3.63) is 41.9 Å². The van der Waals surface area contributed by atoms with Crippen LogP contribution in [0.15, 0.2) is 36.9 Å². The molecule has 2 N–H and O–H groups in total. The summed E-state index contributed by atoms with van der Waals surface area (Å²) in [5.74, 6) is 0.662. The van der Waals surface area contributed by atoms with Crippen LogP contribution >= 0.6 is 11.6 Å². The summed E-state index contributed by atoms with van der Waals surface area (Å²) in [4.78, 5) is 11.2. The molecule has 0 aliphatic heterocycles. The maximum absolute atomic E-state index is 11.2. The van der Waals surface area contributed by atoms with Crippen molar-refractivity contribution in [2.24, 2.45) is 0 Å². The Morgan fingerprint density at radius 1 is 1.39 bits per heavy atom. The normalized spacial score (nSPS) is 9.61. The Morgan fingerprint density at radius 3 is 2.89 bits per heavy atom. The van der Waals surface area contributed by atoms with Gasteiger partial charge >= 0.3 is 6.03 Å². The lowest BCUT2D eigenvalue weighted by atomic mass is 10.3. The van der Waals surface area contributed by atoms with Crippen molar-refractivity contribution in [3.63, 3.8) is 0 Å². The van der Waals surface area contributed by atoms with E-state index in [0.717, 1.165) is 0 Å². The number of carbonyl (C=O) groups is 1. The predicted molar refractivity (Wildman–Crippen MR) is 73.2 cm³/mol. The molecule has 5 heteroatoms. The average molecular weight is 269 g/mol. The van der Waals surface area contributed by atoms with Crippen LogP contribution in [-0.2, 0) is 0 Å². The SMILES string of the molecule is C=CCNC(=O)NCCCOc1ccccc1Cl. The molecule has 0 atom stereocenters. The van der Waals surface area contributed by atoms with E-state index in [4.69, 9.17) is 16.3 Å². The minimum absolute atomic E-state index is 0.201. The molecule has 0 fully saturated rings. The monoisotopic (exact) mass is 268 g/mol. The van der Waals surface area contributed by atoms with Crippen molar-refractivity contribution in [1.82, 2.24) is 10.6 Å². The van der Waals surface area contributed by atoms with Crippen LogP contribution in [0.4, 0.5) is 4.79 Å². The molecule has 1 aromatic carbocycles. The van der Waals surface area contributed by atoms with E-state index in [2.05, 4.69) is 17.2 Å². The highest BCUT2D eigenvalue weighted by Crippen LogP contribution is 2.22. The van der Waals surface area contributed by atoms with Crippen LogP contribution in [-0.4, -0.2) is 25.7 Å². The zero-order chi connectivity index (χ0) is 13.2. The number of hydrogen-bond donors (Lipinski definition) is 2. The van der Waals surface area contributed by atoms with Crippen molar-refractivity contribution < 1.29 is 9.53 Å².